The number of fused-ring (bicyclic) bond motifs is 2. The SMILES string of the molecule is COc1ccc2c(CC(=O)N[C@H]3CC[C@@H](Nc4cc(N(C)C)c5ccccc5n4)CC3)cc(=O)oc2c1. The lowest BCUT2D eigenvalue weighted by Crippen LogP contribution is -2.40. The van der Waals surface area contributed by atoms with Crippen LogP contribution in [0.4, 0.5) is 11.5 Å². The van der Waals surface area contributed by atoms with E-state index in [-0.39, 0.29) is 18.4 Å². The molecule has 1 amide bonds. The third-order valence-electron chi connectivity index (χ3n) is 7.01. The number of amides is 1. The zero-order chi connectivity index (χ0) is 25.9. The van der Waals surface area contributed by atoms with E-state index in [0.29, 0.717) is 22.9 Å². The summed E-state index contributed by atoms with van der Waals surface area (Å²) in [5, 5.41) is 8.64. The number of hydrogen-bond acceptors (Lipinski definition) is 7. The Kier molecular flexibility index (Phi) is 6.99. The Hall–Kier alpha value is -4.07. The van der Waals surface area contributed by atoms with E-state index in [1.54, 1.807) is 19.2 Å². The van der Waals surface area contributed by atoms with Crippen molar-refractivity contribution in [3.05, 3.63) is 70.6 Å². The number of para-hydroxylation sites is 1. The first-order valence-corrected chi connectivity index (χ1v) is 12.6. The van der Waals surface area contributed by atoms with Gasteiger partial charge in [0.05, 0.1) is 19.0 Å². The van der Waals surface area contributed by atoms with E-state index in [2.05, 4.69) is 27.7 Å². The molecule has 37 heavy (non-hydrogen) atoms. The largest absolute Gasteiger partial charge is 0.497 e. The highest BCUT2D eigenvalue weighted by molar-refractivity contribution is 5.93. The van der Waals surface area contributed by atoms with E-state index in [0.717, 1.165) is 53.5 Å². The molecule has 5 rings (SSSR count). The second-order valence-electron chi connectivity index (χ2n) is 9.83. The van der Waals surface area contributed by atoms with Gasteiger partial charge in [-0.2, -0.15) is 0 Å². The van der Waals surface area contributed by atoms with E-state index in [4.69, 9.17) is 14.1 Å². The van der Waals surface area contributed by atoms with Crippen molar-refractivity contribution in [3.8, 4) is 5.75 Å². The fourth-order valence-electron chi connectivity index (χ4n) is 5.13. The van der Waals surface area contributed by atoms with Crippen LogP contribution in [-0.4, -0.2) is 44.2 Å². The Morgan fingerprint density at radius 3 is 2.54 bits per heavy atom. The standard InChI is InChI=1S/C29H32N4O4/c1-33(2)25-17-27(32-24-7-5-4-6-23(24)25)30-19-8-10-20(11-9-19)31-28(34)14-18-15-29(35)37-26-16-21(36-3)12-13-22(18)26/h4-7,12-13,15-17,19-20H,8-11,14H2,1-3H3,(H,30,32)(H,31,34)/t19-,20+. The van der Waals surface area contributed by atoms with Crippen molar-refractivity contribution in [3.63, 3.8) is 0 Å². The zero-order valence-corrected chi connectivity index (χ0v) is 21.4. The van der Waals surface area contributed by atoms with Gasteiger partial charge >= 0.3 is 5.63 Å². The molecule has 0 saturated heterocycles. The predicted octanol–water partition coefficient (Wildman–Crippen LogP) is 4.50. The molecular formula is C29H32N4O4. The van der Waals surface area contributed by atoms with Gasteiger partial charge in [-0.05, 0) is 49.4 Å². The molecule has 1 fully saturated rings. The van der Waals surface area contributed by atoms with E-state index in [1.165, 1.54) is 6.07 Å². The highest BCUT2D eigenvalue weighted by atomic mass is 16.5. The van der Waals surface area contributed by atoms with E-state index in [1.807, 2.05) is 38.4 Å². The lowest BCUT2D eigenvalue weighted by molar-refractivity contribution is -0.121. The minimum atomic E-state index is -0.477. The maximum atomic E-state index is 12.9. The number of ether oxygens (including phenoxy) is 1. The summed E-state index contributed by atoms with van der Waals surface area (Å²) in [4.78, 5) is 31.8. The summed E-state index contributed by atoms with van der Waals surface area (Å²) in [6.07, 6.45) is 3.77. The summed E-state index contributed by atoms with van der Waals surface area (Å²) >= 11 is 0. The van der Waals surface area contributed by atoms with Gasteiger partial charge in [0.2, 0.25) is 5.91 Å². The first-order chi connectivity index (χ1) is 17.9. The van der Waals surface area contributed by atoms with Crippen molar-refractivity contribution >= 4 is 39.3 Å². The number of nitrogens with zero attached hydrogens (tertiary/aromatic N) is 2. The zero-order valence-electron chi connectivity index (χ0n) is 21.4. The highest BCUT2D eigenvalue weighted by Crippen LogP contribution is 2.29. The van der Waals surface area contributed by atoms with Crippen LogP contribution in [0.25, 0.3) is 21.9 Å². The molecule has 0 aliphatic heterocycles. The van der Waals surface area contributed by atoms with Crippen molar-refractivity contribution in [2.75, 3.05) is 31.4 Å². The maximum absolute atomic E-state index is 12.9. The molecule has 2 aromatic heterocycles. The van der Waals surface area contributed by atoms with Crippen LogP contribution in [0.2, 0.25) is 0 Å². The van der Waals surface area contributed by atoms with E-state index < -0.39 is 5.63 Å². The van der Waals surface area contributed by atoms with E-state index in [9.17, 15) is 9.59 Å². The van der Waals surface area contributed by atoms with Crippen LogP contribution in [0.3, 0.4) is 0 Å². The van der Waals surface area contributed by atoms with Gasteiger partial charge in [-0.3, -0.25) is 4.79 Å². The molecule has 2 aromatic carbocycles. The highest BCUT2D eigenvalue weighted by Gasteiger charge is 2.23. The molecule has 1 aliphatic rings. The Balaban J connectivity index is 1.20. The smallest absolute Gasteiger partial charge is 0.336 e. The first-order valence-electron chi connectivity index (χ1n) is 12.6. The number of benzene rings is 2. The number of carbonyl (C=O) groups is 1. The summed E-state index contributed by atoms with van der Waals surface area (Å²) in [5.41, 5.74) is 2.70. The number of hydrogen-bond donors (Lipinski definition) is 2. The molecule has 0 spiro atoms. The van der Waals surface area contributed by atoms with E-state index >= 15 is 0 Å². The number of methoxy groups -OCH3 is 1. The summed E-state index contributed by atoms with van der Waals surface area (Å²) in [7, 11) is 5.64. The molecule has 8 nitrogen and oxygen atoms in total. The minimum Gasteiger partial charge on any atom is -0.497 e. The summed E-state index contributed by atoms with van der Waals surface area (Å²) in [6, 6.07) is 17.4. The lowest BCUT2D eigenvalue weighted by atomic mass is 9.91. The Labute approximate surface area is 215 Å². The average molecular weight is 501 g/mol. The molecule has 4 aromatic rings. The predicted molar refractivity (Wildman–Crippen MR) is 147 cm³/mol. The fraction of sp³-hybridized carbons (Fsp3) is 0.345. The van der Waals surface area contributed by atoms with Gasteiger partial charge in [-0.1, -0.05) is 18.2 Å². The van der Waals surface area contributed by atoms with Gasteiger partial charge in [0, 0.05) is 60.8 Å². The maximum Gasteiger partial charge on any atom is 0.336 e. The van der Waals surface area contributed by atoms with Crippen molar-refractivity contribution in [2.24, 2.45) is 0 Å². The molecule has 2 heterocycles. The third-order valence-corrected chi connectivity index (χ3v) is 7.01. The quantitative estimate of drug-likeness (QED) is 0.361. The van der Waals surface area contributed by atoms with Crippen molar-refractivity contribution in [2.45, 2.75) is 44.2 Å². The molecule has 0 bridgehead atoms. The van der Waals surface area contributed by atoms with Crippen LogP contribution >= 0.6 is 0 Å². The van der Waals surface area contributed by atoms with Gasteiger partial charge in [-0.15, -0.1) is 0 Å². The van der Waals surface area contributed by atoms with Gasteiger partial charge < -0.3 is 24.7 Å². The molecule has 1 aliphatic carbocycles. The Morgan fingerprint density at radius 2 is 1.78 bits per heavy atom. The molecule has 1 saturated carbocycles. The lowest BCUT2D eigenvalue weighted by Gasteiger charge is -2.30. The van der Waals surface area contributed by atoms with Gasteiger partial charge in [0.1, 0.15) is 17.2 Å². The summed E-state index contributed by atoms with van der Waals surface area (Å²) < 4.78 is 10.5. The molecule has 8 heteroatoms. The fourth-order valence-corrected chi connectivity index (χ4v) is 5.13. The number of rotatable bonds is 7. The van der Waals surface area contributed by atoms with Crippen LogP contribution in [0.5, 0.6) is 5.75 Å². The number of carbonyl (C=O) groups excluding carboxylic acids is 1. The van der Waals surface area contributed by atoms with Gasteiger partial charge in [0.15, 0.2) is 0 Å². The molecule has 0 atom stereocenters. The normalized spacial score (nSPS) is 17.5. The van der Waals surface area contributed by atoms with Crippen LogP contribution in [0, 0.1) is 0 Å². The van der Waals surface area contributed by atoms with Crippen LogP contribution in [-0.2, 0) is 11.2 Å². The topological polar surface area (TPSA) is 96.7 Å². The monoisotopic (exact) mass is 500 g/mol. The molecule has 0 radical (unpaired) electrons. The number of aromatic nitrogens is 1. The van der Waals surface area contributed by atoms with Gasteiger partial charge in [-0.25, -0.2) is 9.78 Å². The number of pyridine rings is 1. The second kappa shape index (κ2) is 10.5. The van der Waals surface area contributed by atoms with Crippen LogP contribution in [0.1, 0.15) is 31.2 Å². The summed E-state index contributed by atoms with van der Waals surface area (Å²) in [6.45, 7) is 0. The molecule has 192 valence electrons. The first kappa shape index (κ1) is 24.6. The number of anilines is 2. The van der Waals surface area contributed by atoms with Crippen molar-refractivity contribution in [1.29, 1.82) is 0 Å². The van der Waals surface area contributed by atoms with Gasteiger partial charge in [0.25, 0.3) is 0 Å². The Bertz CT molecular complexity index is 1490. The second-order valence-corrected chi connectivity index (χ2v) is 9.83. The molecular weight excluding hydrogens is 468 g/mol. The minimum absolute atomic E-state index is 0.0917. The van der Waals surface area contributed by atoms with Crippen LogP contribution < -0.4 is 25.9 Å². The summed E-state index contributed by atoms with van der Waals surface area (Å²) in [5.74, 6) is 1.38. The van der Waals surface area contributed by atoms with Crippen molar-refractivity contribution < 1.29 is 13.9 Å². The Morgan fingerprint density at radius 1 is 1.03 bits per heavy atom. The molecule has 2 N–H and O–H groups in total. The van der Waals surface area contributed by atoms with Crippen molar-refractivity contribution in [1.82, 2.24) is 10.3 Å². The number of nitrogens with one attached hydrogen (secondary N) is 2. The molecule has 0 unspecified atom stereocenters. The average Bonchev–Trinajstić information content (AvgIpc) is 2.88. The third kappa shape index (κ3) is 5.53. The van der Waals surface area contributed by atoms with Crippen LogP contribution in [0.15, 0.2) is 63.8 Å².